The molecule has 0 radical (unpaired) electrons. The Balaban J connectivity index is 1.74. The molecule has 5 heteroatoms. The quantitative estimate of drug-likeness (QED) is 0.219. The molecule has 1 fully saturated rings. The normalized spacial score (nSPS) is 26.9. The molecule has 1 saturated heterocycles. The average molecular weight is 133 g/mol. The fourth-order valence-corrected chi connectivity index (χ4v) is 1.15. The molecule has 1 heterocycles. The van der Waals surface area contributed by atoms with Crippen molar-refractivity contribution in [2.24, 2.45) is 0 Å². The molecule has 0 spiro atoms. The summed E-state index contributed by atoms with van der Waals surface area (Å²) in [6.45, 7) is 0.917. The first-order valence-electron chi connectivity index (χ1n) is 2.61. The maximum atomic E-state index is 8.25. The van der Waals surface area contributed by atoms with Gasteiger partial charge >= 0.3 is 7.62 Å². The minimum atomic E-state index is 0.0885. The lowest BCUT2D eigenvalue weighted by Crippen LogP contribution is -2.08. The van der Waals surface area contributed by atoms with Gasteiger partial charge in [-0.05, 0) is 0 Å². The van der Waals surface area contributed by atoms with Crippen molar-refractivity contribution in [2.75, 3.05) is 12.8 Å². The smallest absolute Gasteiger partial charge is 0.361 e. The third-order valence-electron chi connectivity index (χ3n) is 0.936. The molecule has 1 aliphatic rings. The van der Waals surface area contributed by atoms with Crippen LogP contribution >= 0.6 is 8.73 Å². The molecule has 0 saturated carbocycles. The summed E-state index contributed by atoms with van der Waals surface area (Å²) in [5, 5.41) is 8.25. The highest BCUT2D eigenvalue weighted by Gasteiger charge is 2.20. The van der Waals surface area contributed by atoms with Crippen LogP contribution in [0, 0.1) is 0 Å². The molecule has 0 aromatic carbocycles. The Morgan fingerprint density at radius 3 is 3.25 bits per heavy atom. The fraction of sp³-hybridized carbons (Fsp3) is 1.00. The van der Waals surface area contributed by atoms with Gasteiger partial charge in [0.2, 0.25) is 0 Å². The summed E-state index contributed by atoms with van der Waals surface area (Å²) in [5.41, 5.74) is 0. The molecule has 0 aliphatic carbocycles. The maximum absolute atomic E-state index is 8.25. The number of epoxide rings is 1. The van der Waals surface area contributed by atoms with Gasteiger partial charge in [0.05, 0.1) is 12.7 Å². The van der Waals surface area contributed by atoms with E-state index in [1.54, 1.807) is 0 Å². The predicted molar refractivity (Wildman–Crippen MR) is 35.4 cm³/mol. The predicted octanol–water partition coefficient (Wildman–Crippen LogP) is -1.17. The number of hydrogen-bond acceptors (Lipinski definition) is 3. The highest BCUT2D eigenvalue weighted by molar-refractivity contribution is 7.37. The number of ether oxygens (including phenoxy) is 1. The van der Waals surface area contributed by atoms with E-state index in [1.165, 1.54) is 0 Å². The van der Waals surface area contributed by atoms with Crippen LogP contribution in [-0.4, -0.2) is 31.5 Å². The van der Waals surface area contributed by atoms with E-state index >= 15 is 0 Å². The van der Waals surface area contributed by atoms with Gasteiger partial charge in [0.15, 0.2) is 0 Å². The van der Waals surface area contributed by atoms with Gasteiger partial charge < -0.3 is 14.8 Å². The largest absolute Gasteiger partial charge is 0.440 e. The monoisotopic (exact) mass is 133 g/mol. The second-order valence-corrected chi connectivity index (χ2v) is 2.79. The Morgan fingerprint density at radius 1 is 2.00 bits per heavy atom. The first kappa shape index (κ1) is 6.49. The molecule has 2 atom stereocenters. The lowest BCUT2D eigenvalue weighted by atomic mass is 10.4. The van der Waals surface area contributed by atoms with Gasteiger partial charge in [-0.3, -0.25) is 0 Å². The Bertz CT molecular complexity index is 70.3. The molecule has 0 amide bonds. The third-order valence-corrected chi connectivity index (χ3v) is 2.00. The van der Waals surface area contributed by atoms with Gasteiger partial charge in [0, 0.05) is 6.16 Å². The van der Waals surface area contributed by atoms with E-state index in [9.17, 15) is 0 Å². The van der Waals surface area contributed by atoms with Crippen LogP contribution < -0.4 is 5.00 Å². The van der Waals surface area contributed by atoms with E-state index in [2.05, 4.69) is 5.00 Å². The summed E-state index contributed by atoms with van der Waals surface area (Å²) in [5.74, 6) is 0. The number of nitrogens with one attached hydrogen (secondary N) is 1. The highest BCUT2D eigenvalue weighted by atomic mass is 31.1. The van der Waals surface area contributed by atoms with E-state index in [1.807, 2.05) is 0 Å². The second kappa shape index (κ2) is 3.41. The van der Waals surface area contributed by atoms with Gasteiger partial charge in [-0.1, -0.05) is 8.73 Å². The molecule has 8 heavy (non-hydrogen) atoms. The first-order chi connectivity index (χ1) is 3.93. The van der Waals surface area contributed by atoms with Crippen molar-refractivity contribution in [2.45, 2.75) is 6.10 Å². The van der Waals surface area contributed by atoms with E-state index in [4.69, 9.17) is 9.76 Å². The average Bonchev–Trinajstić information content (AvgIpc) is 2.51. The Labute approximate surface area is 50.9 Å². The molecular weight excluding hydrogens is 124 g/mol. The summed E-state index contributed by atoms with van der Waals surface area (Å²) >= 11 is 0. The van der Waals surface area contributed by atoms with Gasteiger partial charge in [0.1, 0.15) is 0 Å². The minimum absolute atomic E-state index is 0.0885. The van der Waals surface area contributed by atoms with E-state index < -0.39 is 0 Å². The lowest BCUT2D eigenvalue weighted by Gasteiger charge is -1.93. The number of hydrogen-bond donors (Lipinski definition) is 2. The van der Waals surface area contributed by atoms with Crippen LogP contribution in [0.4, 0.5) is 0 Å². The van der Waals surface area contributed by atoms with Crippen LogP contribution in [0.2, 0.25) is 0 Å². The summed E-state index contributed by atoms with van der Waals surface area (Å²) in [6, 6.07) is 0. The zero-order valence-corrected chi connectivity index (χ0v) is 5.55. The van der Waals surface area contributed by atoms with Crippen molar-refractivity contribution >= 4 is 16.3 Å². The summed E-state index contributed by atoms with van der Waals surface area (Å²) in [7, 11) is 0.739. The topological polar surface area (TPSA) is 44.8 Å². The van der Waals surface area contributed by atoms with Gasteiger partial charge in [-0.2, -0.15) is 0 Å². The third kappa shape index (κ3) is 2.63. The van der Waals surface area contributed by atoms with E-state index in [-0.39, 0.29) is 7.62 Å². The molecule has 2 N–H and O–H groups in total. The Hall–Kier alpha value is 0.375. The maximum Gasteiger partial charge on any atom is 0.361 e. The van der Waals surface area contributed by atoms with Crippen LogP contribution in [0.1, 0.15) is 0 Å². The van der Waals surface area contributed by atoms with Crippen LogP contribution in [0.5, 0.6) is 0 Å². The Morgan fingerprint density at radius 2 is 2.75 bits per heavy atom. The van der Waals surface area contributed by atoms with Crippen LogP contribution in [0.15, 0.2) is 0 Å². The van der Waals surface area contributed by atoms with Crippen molar-refractivity contribution < 1.29 is 9.76 Å². The van der Waals surface area contributed by atoms with Crippen molar-refractivity contribution in [3.63, 3.8) is 0 Å². The molecule has 46 valence electrons. The zero-order chi connectivity index (χ0) is 5.82. The van der Waals surface area contributed by atoms with Gasteiger partial charge in [0.25, 0.3) is 0 Å². The Kier molecular flexibility index (Phi) is 2.77. The summed E-state index contributed by atoms with van der Waals surface area (Å²) < 4.78 is 4.94. The second-order valence-electron chi connectivity index (χ2n) is 1.67. The van der Waals surface area contributed by atoms with Gasteiger partial charge in [-0.15, -0.1) is 0 Å². The highest BCUT2D eigenvalue weighted by Crippen LogP contribution is 2.16. The first-order valence-corrected chi connectivity index (χ1v) is 3.82. The van der Waals surface area contributed by atoms with Crippen LogP contribution in [0.3, 0.4) is 0 Å². The van der Waals surface area contributed by atoms with Crippen LogP contribution in [-0.2, 0) is 4.74 Å². The van der Waals surface area contributed by atoms with Crippen molar-refractivity contribution in [3.8, 4) is 0 Å². The van der Waals surface area contributed by atoms with E-state index in [0.717, 1.165) is 12.8 Å². The van der Waals surface area contributed by atoms with E-state index in [0.29, 0.717) is 14.8 Å². The molecule has 1 aliphatic heterocycles. The summed E-state index contributed by atoms with van der Waals surface area (Å²) in [6.07, 6.45) is 1.55. The minimum Gasteiger partial charge on any atom is -0.440 e. The van der Waals surface area contributed by atoms with Gasteiger partial charge in [-0.25, -0.2) is 0 Å². The molecule has 0 aromatic rings. The van der Waals surface area contributed by atoms with Crippen LogP contribution in [0.25, 0.3) is 0 Å². The molecular formula is C3H9BNO2P. The summed E-state index contributed by atoms with van der Waals surface area (Å²) in [4.78, 5) is 2.82. The molecule has 1 unspecified atom stereocenters. The van der Waals surface area contributed by atoms with Crippen molar-refractivity contribution in [1.82, 2.24) is 5.00 Å². The molecule has 0 aromatic heterocycles. The van der Waals surface area contributed by atoms with Crippen molar-refractivity contribution in [3.05, 3.63) is 0 Å². The SMILES string of the molecule is OBNPC[C@@H]1CO1. The standard InChI is InChI=1S/C3H9BNO2P/c6-4-5-8-2-3-1-7-3/h3-6,8H,1-2H2/t3-/m0/s1. The molecule has 1 rings (SSSR count). The lowest BCUT2D eigenvalue weighted by molar-refractivity contribution is 0.425. The molecule has 0 bridgehead atoms. The molecule has 3 nitrogen and oxygen atoms in total. The number of rotatable bonds is 4. The zero-order valence-electron chi connectivity index (χ0n) is 4.55. The van der Waals surface area contributed by atoms with Crippen molar-refractivity contribution in [1.29, 1.82) is 0 Å². The fourth-order valence-electron chi connectivity index (χ4n) is 0.428.